The van der Waals surface area contributed by atoms with Gasteiger partial charge in [-0.15, -0.1) is 0 Å². The Labute approximate surface area is 75.0 Å². The lowest BCUT2D eigenvalue weighted by Crippen LogP contribution is -1.95. The molecule has 0 spiro atoms. The summed E-state index contributed by atoms with van der Waals surface area (Å²) in [5, 5.41) is 0.436. The van der Waals surface area contributed by atoms with E-state index in [9.17, 15) is 13.0 Å². The van der Waals surface area contributed by atoms with Crippen LogP contribution in [0.1, 0.15) is 0 Å². The Balaban J connectivity index is 2.77. The van der Waals surface area contributed by atoms with Crippen LogP contribution in [-0.2, 0) is 14.7 Å². The molecule has 1 heterocycles. The predicted molar refractivity (Wildman–Crippen MR) is 46.2 cm³/mol. The zero-order valence-electron chi connectivity index (χ0n) is 6.52. The van der Waals surface area contributed by atoms with Crippen molar-refractivity contribution in [2.75, 3.05) is 0 Å². The third kappa shape index (κ3) is 1.43. The van der Waals surface area contributed by atoms with Gasteiger partial charge in [-0.3, -0.25) is 0 Å². The first-order valence-corrected chi connectivity index (χ1v) is 5.02. The highest BCUT2D eigenvalue weighted by atomic mass is 32.2. The summed E-state index contributed by atoms with van der Waals surface area (Å²) in [4.78, 5) is 2.54. The highest BCUT2D eigenvalue weighted by molar-refractivity contribution is 7.85. The Bertz CT molecular complexity index is 508. The van der Waals surface area contributed by atoms with Crippen molar-refractivity contribution in [1.29, 1.82) is 0 Å². The summed E-state index contributed by atoms with van der Waals surface area (Å²) >= 11 is 0. The van der Waals surface area contributed by atoms with Gasteiger partial charge in [0.05, 0.1) is 0 Å². The zero-order valence-corrected chi connectivity index (χ0v) is 7.34. The third-order valence-corrected chi connectivity index (χ3v) is 2.53. The summed E-state index contributed by atoms with van der Waals surface area (Å²) in [5.74, 6) is 0. The van der Waals surface area contributed by atoms with Crippen molar-refractivity contribution in [3.63, 3.8) is 0 Å². The first-order valence-electron chi connectivity index (χ1n) is 3.61. The van der Waals surface area contributed by atoms with Crippen LogP contribution < -0.4 is 0 Å². The highest BCUT2D eigenvalue weighted by Gasteiger charge is 2.13. The summed E-state index contributed by atoms with van der Waals surface area (Å²) in [5.41, 5.74) is 0.650. The van der Waals surface area contributed by atoms with Gasteiger partial charge in [-0.25, -0.2) is 0 Å². The number of rotatable bonds is 1. The monoisotopic (exact) mass is 196 g/mol. The van der Waals surface area contributed by atoms with Gasteiger partial charge < -0.3 is 4.98 Å². The summed E-state index contributed by atoms with van der Waals surface area (Å²) in [6, 6.07) is 8.32. The Hall–Kier alpha value is -1.33. The molecule has 0 bridgehead atoms. The van der Waals surface area contributed by atoms with Crippen LogP contribution in [0.15, 0.2) is 35.4 Å². The SMILES string of the molecule is [O]S(=O)(=O)c1cc2ccccc2[nH]1. The number of fused-ring (bicyclic) bond motifs is 1. The molecule has 1 aromatic heterocycles. The number of benzene rings is 1. The molecule has 0 unspecified atom stereocenters. The van der Waals surface area contributed by atoms with Crippen molar-refractivity contribution in [3.8, 4) is 0 Å². The normalized spacial score (nSPS) is 12.1. The summed E-state index contributed by atoms with van der Waals surface area (Å²) in [6.07, 6.45) is 0. The van der Waals surface area contributed by atoms with Gasteiger partial charge in [0, 0.05) is 10.9 Å². The lowest BCUT2D eigenvalue weighted by molar-refractivity contribution is 0.412. The standard InChI is InChI=1S/C8H6NO3S/c10-13(11,12)8-5-6-3-1-2-4-7(6)9-8/h1-5,9H. The number of para-hydroxylation sites is 1. The van der Waals surface area contributed by atoms with E-state index in [4.69, 9.17) is 0 Å². The fraction of sp³-hybridized carbons (Fsp3) is 0. The van der Waals surface area contributed by atoms with Gasteiger partial charge >= 0.3 is 10.1 Å². The Kier molecular flexibility index (Phi) is 1.64. The topological polar surface area (TPSA) is 69.8 Å². The largest absolute Gasteiger partial charge is 0.344 e. The van der Waals surface area contributed by atoms with Crippen LogP contribution in [0.5, 0.6) is 0 Å². The Morgan fingerprint density at radius 3 is 2.46 bits per heavy atom. The lowest BCUT2D eigenvalue weighted by atomic mass is 10.3. The molecule has 0 atom stereocenters. The fourth-order valence-electron chi connectivity index (χ4n) is 1.18. The van der Waals surface area contributed by atoms with Gasteiger partial charge in [0.15, 0.2) is 5.03 Å². The van der Waals surface area contributed by atoms with Crippen molar-refractivity contribution < 1.29 is 13.0 Å². The lowest BCUT2D eigenvalue weighted by Gasteiger charge is -1.85. The van der Waals surface area contributed by atoms with E-state index in [0.29, 0.717) is 5.52 Å². The van der Waals surface area contributed by atoms with E-state index < -0.39 is 10.1 Å². The maximum atomic E-state index is 10.6. The molecule has 0 saturated carbocycles. The molecule has 0 amide bonds. The van der Waals surface area contributed by atoms with E-state index in [0.717, 1.165) is 5.39 Å². The van der Waals surface area contributed by atoms with Crippen LogP contribution in [0.2, 0.25) is 0 Å². The van der Waals surface area contributed by atoms with Gasteiger partial charge in [0.1, 0.15) is 0 Å². The van der Waals surface area contributed by atoms with Crippen LogP contribution in [-0.4, -0.2) is 13.4 Å². The number of nitrogens with one attached hydrogen (secondary N) is 1. The molecule has 0 saturated heterocycles. The Morgan fingerprint density at radius 1 is 1.15 bits per heavy atom. The molecule has 67 valence electrons. The molecule has 5 heteroatoms. The van der Waals surface area contributed by atoms with Crippen LogP contribution in [0.4, 0.5) is 0 Å². The van der Waals surface area contributed by atoms with Gasteiger partial charge in [-0.05, 0) is 12.1 Å². The molecule has 1 N–H and O–H groups in total. The Morgan fingerprint density at radius 2 is 1.85 bits per heavy atom. The summed E-state index contributed by atoms with van der Waals surface area (Å²) in [6.45, 7) is 0. The van der Waals surface area contributed by atoms with E-state index in [1.165, 1.54) is 6.07 Å². The molecule has 0 aliphatic carbocycles. The maximum Gasteiger partial charge on any atom is 0.339 e. The van der Waals surface area contributed by atoms with Gasteiger partial charge in [-0.2, -0.15) is 8.42 Å². The third-order valence-electron chi connectivity index (χ3n) is 1.77. The van der Waals surface area contributed by atoms with Crippen LogP contribution in [0, 0.1) is 0 Å². The second-order valence-electron chi connectivity index (χ2n) is 2.67. The molecular weight excluding hydrogens is 190 g/mol. The van der Waals surface area contributed by atoms with Gasteiger partial charge in [0.25, 0.3) is 0 Å². The number of aromatic nitrogens is 1. The molecule has 0 aliphatic heterocycles. The van der Waals surface area contributed by atoms with Crippen molar-refractivity contribution in [2.45, 2.75) is 5.03 Å². The minimum atomic E-state index is -4.37. The minimum Gasteiger partial charge on any atom is -0.344 e. The predicted octanol–water partition coefficient (Wildman–Crippen LogP) is 1.29. The number of H-pyrrole nitrogens is 1. The van der Waals surface area contributed by atoms with Crippen molar-refractivity contribution >= 4 is 21.0 Å². The van der Waals surface area contributed by atoms with Crippen molar-refractivity contribution in [2.24, 2.45) is 0 Å². The molecule has 0 aliphatic rings. The summed E-state index contributed by atoms with van der Waals surface area (Å²) in [7, 11) is -4.37. The molecule has 1 radical (unpaired) electrons. The summed E-state index contributed by atoms with van der Waals surface area (Å²) < 4.78 is 31.8. The zero-order chi connectivity index (χ0) is 9.47. The number of hydrogen-bond acceptors (Lipinski definition) is 2. The minimum absolute atomic E-state index is 0.284. The van der Waals surface area contributed by atoms with E-state index >= 15 is 0 Å². The van der Waals surface area contributed by atoms with E-state index in [1.54, 1.807) is 24.3 Å². The number of hydrogen-bond donors (Lipinski definition) is 1. The second-order valence-corrected chi connectivity index (χ2v) is 4.02. The van der Waals surface area contributed by atoms with Gasteiger partial charge in [0.2, 0.25) is 0 Å². The van der Waals surface area contributed by atoms with Crippen molar-refractivity contribution in [3.05, 3.63) is 30.3 Å². The maximum absolute atomic E-state index is 10.6. The van der Waals surface area contributed by atoms with E-state index in [1.807, 2.05) is 0 Å². The first-order chi connectivity index (χ1) is 6.07. The molecule has 2 aromatic rings. The highest BCUT2D eigenvalue weighted by Crippen LogP contribution is 2.17. The van der Waals surface area contributed by atoms with Gasteiger partial charge in [-0.1, -0.05) is 22.8 Å². The molecule has 4 nitrogen and oxygen atoms in total. The van der Waals surface area contributed by atoms with E-state index in [2.05, 4.69) is 4.98 Å². The number of aromatic amines is 1. The average Bonchev–Trinajstić information content (AvgIpc) is 2.45. The average molecular weight is 196 g/mol. The van der Waals surface area contributed by atoms with E-state index in [-0.39, 0.29) is 5.03 Å². The van der Waals surface area contributed by atoms with Crippen LogP contribution >= 0.6 is 0 Å². The first kappa shape index (κ1) is 8.28. The molecule has 1 aromatic carbocycles. The quantitative estimate of drug-likeness (QED) is 0.746. The molecule has 0 fully saturated rings. The smallest absolute Gasteiger partial charge is 0.339 e. The molecule has 13 heavy (non-hydrogen) atoms. The van der Waals surface area contributed by atoms with Crippen molar-refractivity contribution in [1.82, 2.24) is 4.98 Å². The van der Waals surface area contributed by atoms with Crippen LogP contribution in [0.3, 0.4) is 0 Å². The molecule has 2 rings (SSSR count). The fourth-order valence-corrected chi connectivity index (χ4v) is 1.69. The van der Waals surface area contributed by atoms with Crippen LogP contribution in [0.25, 0.3) is 10.9 Å². The molecular formula is C8H6NO3S. The second kappa shape index (κ2) is 2.58.